The molecule has 5 nitrogen and oxygen atoms in total. The van der Waals surface area contributed by atoms with Gasteiger partial charge < -0.3 is 5.73 Å². The molecule has 2 heterocycles. The van der Waals surface area contributed by atoms with Crippen molar-refractivity contribution in [1.29, 1.82) is 0 Å². The maximum atomic E-state index is 5.53. The van der Waals surface area contributed by atoms with E-state index >= 15 is 0 Å². The van der Waals surface area contributed by atoms with Crippen LogP contribution in [0.25, 0.3) is 4.96 Å². The van der Waals surface area contributed by atoms with Crippen LogP contribution < -0.4 is 5.73 Å². The zero-order valence-electron chi connectivity index (χ0n) is 8.97. The van der Waals surface area contributed by atoms with Crippen molar-refractivity contribution in [2.24, 2.45) is 5.73 Å². The number of hydrogen-bond acceptors (Lipinski definition) is 5. The van der Waals surface area contributed by atoms with Crippen LogP contribution in [0.4, 0.5) is 0 Å². The summed E-state index contributed by atoms with van der Waals surface area (Å²) >= 11 is 1.60. The Morgan fingerprint density at radius 3 is 2.93 bits per heavy atom. The average molecular weight is 225 g/mol. The van der Waals surface area contributed by atoms with Gasteiger partial charge in [0.2, 0.25) is 4.96 Å². The summed E-state index contributed by atoms with van der Waals surface area (Å²) in [5.74, 6) is 1.33. The quantitative estimate of drug-likeness (QED) is 0.849. The second-order valence-corrected chi connectivity index (χ2v) is 4.57. The number of fused-ring (bicyclic) bond motifs is 1. The highest BCUT2D eigenvalue weighted by Gasteiger charge is 2.14. The third-order valence-corrected chi connectivity index (χ3v) is 3.54. The maximum Gasteiger partial charge on any atom is 0.234 e. The van der Waals surface area contributed by atoms with E-state index in [4.69, 9.17) is 5.73 Å². The number of nitrogens with two attached hydrogens (primary N) is 1. The number of aromatic nitrogens is 4. The van der Waals surface area contributed by atoms with E-state index in [-0.39, 0.29) is 0 Å². The van der Waals surface area contributed by atoms with Crippen molar-refractivity contribution in [3.05, 3.63) is 10.8 Å². The van der Waals surface area contributed by atoms with Crippen molar-refractivity contribution in [3.63, 3.8) is 0 Å². The van der Waals surface area contributed by atoms with Crippen molar-refractivity contribution in [3.8, 4) is 0 Å². The maximum absolute atomic E-state index is 5.53. The molecule has 0 aromatic carbocycles. The molecule has 15 heavy (non-hydrogen) atoms. The molecule has 0 saturated carbocycles. The third kappa shape index (κ3) is 1.87. The highest BCUT2D eigenvalue weighted by molar-refractivity contribution is 7.16. The molecule has 0 bridgehead atoms. The van der Waals surface area contributed by atoms with E-state index in [9.17, 15) is 0 Å². The van der Waals surface area contributed by atoms with Crippen LogP contribution >= 0.6 is 11.3 Å². The molecule has 2 N–H and O–H groups in total. The Labute approximate surface area is 92.3 Å². The van der Waals surface area contributed by atoms with Crippen LogP contribution in [0.3, 0.4) is 0 Å². The lowest BCUT2D eigenvalue weighted by molar-refractivity contribution is 0.665. The zero-order valence-corrected chi connectivity index (χ0v) is 9.79. The molecule has 0 radical (unpaired) electrons. The molecule has 0 spiro atoms. The van der Waals surface area contributed by atoms with Gasteiger partial charge in [0.05, 0.1) is 0 Å². The van der Waals surface area contributed by atoms with Crippen LogP contribution in [0.15, 0.2) is 0 Å². The third-order valence-electron chi connectivity index (χ3n) is 2.41. The van der Waals surface area contributed by atoms with Gasteiger partial charge in [-0.25, -0.2) is 0 Å². The summed E-state index contributed by atoms with van der Waals surface area (Å²) in [7, 11) is 0. The number of rotatable bonds is 4. The number of aryl methyl sites for hydroxylation is 1. The second kappa shape index (κ2) is 4.24. The van der Waals surface area contributed by atoms with Gasteiger partial charge in [-0.05, 0) is 13.0 Å². The Morgan fingerprint density at radius 2 is 2.27 bits per heavy atom. The smallest absolute Gasteiger partial charge is 0.234 e. The van der Waals surface area contributed by atoms with Gasteiger partial charge in [0, 0.05) is 12.3 Å². The summed E-state index contributed by atoms with van der Waals surface area (Å²) < 4.78 is 1.84. The van der Waals surface area contributed by atoms with Gasteiger partial charge in [-0.1, -0.05) is 25.2 Å². The Balaban J connectivity index is 2.34. The van der Waals surface area contributed by atoms with Crippen molar-refractivity contribution < 1.29 is 0 Å². The fourth-order valence-electron chi connectivity index (χ4n) is 1.47. The van der Waals surface area contributed by atoms with Gasteiger partial charge >= 0.3 is 0 Å². The lowest BCUT2D eigenvalue weighted by Crippen LogP contribution is -2.05. The van der Waals surface area contributed by atoms with Crippen LogP contribution in [-0.2, 0) is 6.42 Å². The van der Waals surface area contributed by atoms with E-state index in [0.717, 1.165) is 28.6 Å². The van der Waals surface area contributed by atoms with Gasteiger partial charge in [-0.15, -0.1) is 10.2 Å². The molecule has 0 aliphatic rings. The minimum Gasteiger partial charge on any atom is -0.330 e. The fraction of sp³-hybridized carbons (Fsp3) is 0.667. The summed E-state index contributed by atoms with van der Waals surface area (Å²) in [6.07, 6.45) is 1.82. The van der Waals surface area contributed by atoms with Gasteiger partial charge in [0.15, 0.2) is 5.82 Å². The predicted molar refractivity (Wildman–Crippen MR) is 60.1 cm³/mol. The Kier molecular flexibility index (Phi) is 2.97. The highest BCUT2D eigenvalue weighted by Crippen LogP contribution is 2.24. The Hall–Kier alpha value is -1.01. The van der Waals surface area contributed by atoms with E-state index < -0.39 is 0 Å². The molecule has 0 aliphatic heterocycles. The minimum atomic E-state index is 0.409. The molecule has 2 aromatic rings. The van der Waals surface area contributed by atoms with Crippen molar-refractivity contribution in [1.82, 2.24) is 19.8 Å². The van der Waals surface area contributed by atoms with E-state index in [1.54, 1.807) is 11.3 Å². The van der Waals surface area contributed by atoms with Crippen LogP contribution in [0.2, 0.25) is 0 Å². The van der Waals surface area contributed by atoms with E-state index in [2.05, 4.69) is 29.1 Å². The zero-order chi connectivity index (χ0) is 10.8. The summed E-state index contributed by atoms with van der Waals surface area (Å²) in [6, 6.07) is 0. The molecule has 0 aliphatic carbocycles. The van der Waals surface area contributed by atoms with E-state index in [1.165, 1.54) is 0 Å². The lowest BCUT2D eigenvalue weighted by atomic mass is 10.1. The van der Waals surface area contributed by atoms with Crippen molar-refractivity contribution in [2.75, 3.05) is 6.54 Å². The monoisotopic (exact) mass is 225 g/mol. The Morgan fingerprint density at radius 1 is 1.47 bits per heavy atom. The summed E-state index contributed by atoms with van der Waals surface area (Å²) in [5, 5.41) is 13.8. The number of nitrogens with zero attached hydrogens (tertiary/aromatic N) is 4. The van der Waals surface area contributed by atoms with Crippen LogP contribution in [0.5, 0.6) is 0 Å². The second-order valence-electron chi connectivity index (χ2n) is 3.58. The lowest BCUT2D eigenvalue weighted by Gasteiger charge is -2.03. The Bertz CT molecular complexity index is 446. The normalized spacial score (nSPS) is 13.5. The van der Waals surface area contributed by atoms with Crippen molar-refractivity contribution >= 4 is 16.3 Å². The SMILES string of the molecule is CCc1nnc2sc(C(C)CCN)nn12. The molecule has 0 amide bonds. The molecule has 1 unspecified atom stereocenters. The molecule has 82 valence electrons. The van der Waals surface area contributed by atoms with Crippen LogP contribution in [-0.4, -0.2) is 26.4 Å². The highest BCUT2D eigenvalue weighted by atomic mass is 32.1. The van der Waals surface area contributed by atoms with E-state index in [1.807, 2.05) is 4.52 Å². The molecule has 6 heteroatoms. The van der Waals surface area contributed by atoms with Gasteiger partial charge in [-0.2, -0.15) is 9.61 Å². The molecular weight excluding hydrogens is 210 g/mol. The molecule has 1 atom stereocenters. The first-order valence-electron chi connectivity index (χ1n) is 5.17. The van der Waals surface area contributed by atoms with Gasteiger partial charge in [0.1, 0.15) is 5.01 Å². The van der Waals surface area contributed by atoms with Crippen molar-refractivity contribution in [2.45, 2.75) is 32.6 Å². The predicted octanol–water partition coefficient (Wildman–Crippen LogP) is 1.20. The average Bonchev–Trinajstić information content (AvgIpc) is 2.76. The van der Waals surface area contributed by atoms with E-state index in [0.29, 0.717) is 12.5 Å². The first kappa shape index (κ1) is 10.5. The molecule has 2 rings (SSSR count). The van der Waals surface area contributed by atoms with Gasteiger partial charge in [0.25, 0.3) is 0 Å². The summed E-state index contributed by atoms with van der Waals surface area (Å²) in [4.78, 5) is 0.880. The minimum absolute atomic E-state index is 0.409. The molecule has 2 aromatic heterocycles. The summed E-state index contributed by atoms with van der Waals surface area (Å²) in [6.45, 7) is 4.89. The first-order valence-corrected chi connectivity index (χ1v) is 5.99. The standard InChI is InChI=1S/C9H15N5S/c1-3-7-11-12-9-14(7)13-8(15-9)6(2)4-5-10/h6H,3-5,10H2,1-2H3. The fourth-order valence-corrected chi connectivity index (χ4v) is 2.41. The summed E-state index contributed by atoms with van der Waals surface area (Å²) in [5.41, 5.74) is 5.53. The topological polar surface area (TPSA) is 69.1 Å². The molecular formula is C9H15N5S. The van der Waals surface area contributed by atoms with Crippen LogP contribution in [0, 0.1) is 0 Å². The first-order chi connectivity index (χ1) is 7.26. The largest absolute Gasteiger partial charge is 0.330 e. The number of hydrogen-bond donors (Lipinski definition) is 1. The molecule has 0 fully saturated rings. The van der Waals surface area contributed by atoms with Gasteiger partial charge in [-0.3, -0.25) is 0 Å². The van der Waals surface area contributed by atoms with Crippen LogP contribution in [0.1, 0.15) is 37.0 Å². The molecule has 0 saturated heterocycles.